The summed E-state index contributed by atoms with van der Waals surface area (Å²) in [6.45, 7) is 5.93. The number of carbonyl (C=O) groups is 1. The highest BCUT2D eigenvalue weighted by Crippen LogP contribution is 2.27. The summed E-state index contributed by atoms with van der Waals surface area (Å²) < 4.78 is 0. The lowest BCUT2D eigenvalue weighted by Gasteiger charge is -2.08. The van der Waals surface area contributed by atoms with Gasteiger partial charge in [-0.3, -0.25) is 9.78 Å². The Bertz CT molecular complexity index is 452. The SMILES string of the molecule is C=CCSCCNC(=O)c1cnc(C)c(Cl)c1Cl. The lowest BCUT2D eigenvalue weighted by atomic mass is 10.2. The van der Waals surface area contributed by atoms with Crippen LogP contribution in [-0.4, -0.2) is 28.9 Å². The van der Waals surface area contributed by atoms with Crippen LogP contribution >= 0.6 is 35.0 Å². The number of nitrogens with one attached hydrogen (secondary N) is 1. The number of pyridine rings is 1. The van der Waals surface area contributed by atoms with Crippen LogP contribution in [0.5, 0.6) is 0 Å². The first-order valence-electron chi connectivity index (χ1n) is 5.35. The number of carbonyl (C=O) groups excluding carboxylic acids is 1. The second kappa shape index (κ2) is 7.67. The molecule has 6 heteroatoms. The van der Waals surface area contributed by atoms with Crippen LogP contribution in [0.2, 0.25) is 10.0 Å². The van der Waals surface area contributed by atoms with Crippen LogP contribution in [0.1, 0.15) is 16.1 Å². The van der Waals surface area contributed by atoms with E-state index in [1.165, 1.54) is 6.20 Å². The summed E-state index contributed by atoms with van der Waals surface area (Å²) in [6.07, 6.45) is 3.27. The molecule has 0 aliphatic heterocycles. The maximum Gasteiger partial charge on any atom is 0.254 e. The molecular formula is C12H14Cl2N2OS. The third-order valence-corrected chi connectivity index (χ3v) is 4.06. The van der Waals surface area contributed by atoms with Crippen LogP contribution in [0.15, 0.2) is 18.9 Å². The Morgan fingerprint density at radius 1 is 1.56 bits per heavy atom. The first-order chi connectivity index (χ1) is 8.57. The largest absolute Gasteiger partial charge is 0.351 e. The molecule has 0 aliphatic rings. The lowest BCUT2D eigenvalue weighted by molar-refractivity contribution is 0.0956. The van der Waals surface area contributed by atoms with Gasteiger partial charge in [0, 0.05) is 24.2 Å². The maximum absolute atomic E-state index is 11.8. The van der Waals surface area contributed by atoms with Crippen molar-refractivity contribution < 1.29 is 4.79 Å². The van der Waals surface area contributed by atoms with Crippen LogP contribution in [0.3, 0.4) is 0 Å². The normalized spacial score (nSPS) is 10.2. The van der Waals surface area contributed by atoms with E-state index in [0.29, 0.717) is 22.8 Å². The quantitative estimate of drug-likeness (QED) is 0.647. The predicted octanol–water partition coefficient (Wildman–Crippen LogP) is 3.35. The monoisotopic (exact) mass is 304 g/mol. The molecule has 1 rings (SSSR count). The number of halogens is 2. The fraction of sp³-hybridized carbons (Fsp3) is 0.333. The van der Waals surface area contributed by atoms with Crippen LogP contribution < -0.4 is 5.32 Å². The lowest BCUT2D eigenvalue weighted by Crippen LogP contribution is -2.26. The van der Waals surface area contributed by atoms with Crippen molar-refractivity contribution in [2.24, 2.45) is 0 Å². The highest BCUT2D eigenvalue weighted by molar-refractivity contribution is 7.99. The van der Waals surface area contributed by atoms with Crippen molar-refractivity contribution in [3.63, 3.8) is 0 Å². The van der Waals surface area contributed by atoms with Gasteiger partial charge in [0.2, 0.25) is 0 Å². The standard InChI is InChI=1S/C12H14Cl2N2OS/c1-3-5-18-6-4-15-12(17)9-7-16-8(2)10(13)11(9)14/h3,7H,1,4-6H2,2H3,(H,15,17). The van der Waals surface area contributed by atoms with E-state index in [1.54, 1.807) is 18.7 Å². The second-order valence-corrected chi connectivity index (χ2v) is 5.41. The van der Waals surface area contributed by atoms with Crippen LogP contribution in [-0.2, 0) is 0 Å². The summed E-state index contributed by atoms with van der Waals surface area (Å²) in [7, 11) is 0. The van der Waals surface area contributed by atoms with Crippen molar-refractivity contribution in [1.82, 2.24) is 10.3 Å². The fourth-order valence-corrected chi connectivity index (χ4v) is 2.21. The van der Waals surface area contributed by atoms with Gasteiger partial charge in [-0.1, -0.05) is 29.3 Å². The van der Waals surface area contributed by atoms with Crippen LogP contribution in [0.4, 0.5) is 0 Å². The molecule has 1 amide bonds. The highest BCUT2D eigenvalue weighted by atomic mass is 35.5. The number of aromatic nitrogens is 1. The number of hydrogen-bond acceptors (Lipinski definition) is 3. The molecule has 1 aromatic rings. The highest BCUT2D eigenvalue weighted by Gasteiger charge is 2.14. The van der Waals surface area contributed by atoms with Crippen LogP contribution in [0.25, 0.3) is 0 Å². The molecule has 1 heterocycles. The number of nitrogens with zero attached hydrogens (tertiary/aromatic N) is 1. The average Bonchev–Trinajstić information content (AvgIpc) is 2.35. The summed E-state index contributed by atoms with van der Waals surface area (Å²) in [5, 5.41) is 3.34. The van der Waals surface area contributed by atoms with Gasteiger partial charge in [-0.05, 0) is 6.92 Å². The molecule has 0 aliphatic carbocycles. The minimum absolute atomic E-state index is 0.250. The summed E-state index contributed by atoms with van der Waals surface area (Å²) >= 11 is 13.6. The molecule has 1 aromatic heterocycles. The van der Waals surface area contributed by atoms with Crippen molar-refractivity contribution in [2.45, 2.75) is 6.92 Å². The first-order valence-corrected chi connectivity index (χ1v) is 7.26. The molecule has 3 nitrogen and oxygen atoms in total. The van der Waals surface area contributed by atoms with Gasteiger partial charge in [-0.25, -0.2) is 0 Å². The van der Waals surface area contributed by atoms with Gasteiger partial charge in [0.25, 0.3) is 5.91 Å². The smallest absolute Gasteiger partial charge is 0.254 e. The summed E-state index contributed by atoms with van der Waals surface area (Å²) in [5.74, 6) is 1.44. The molecule has 98 valence electrons. The van der Waals surface area contributed by atoms with E-state index in [1.807, 2.05) is 6.08 Å². The van der Waals surface area contributed by atoms with E-state index in [9.17, 15) is 4.79 Å². The zero-order valence-electron chi connectivity index (χ0n) is 10.0. The van der Waals surface area contributed by atoms with E-state index in [0.717, 1.165) is 11.5 Å². The topological polar surface area (TPSA) is 42.0 Å². The van der Waals surface area contributed by atoms with Gasteiger partial charge in [-0.2, -0.15) is 11.8 Å². The molecule has 0 spiro atoms. The molecule has 0 saturated carbocycles. The van der Waals surface area contributed by atoms with Gasteiger partial charge >= 0.3 is 0 Å². The fourth-order valence-electron chi connectivity index (χ4n) is 1.21. The zero-order valence-corrected chi connectivity index (χ0v) is 12.3. The van der Waals surface area contributed by atoms with Crippen molar-refractivity contribution in [3.8, 4) is 0 Å². The third-order valence-electron chi connectivity index (χ3n) is 2.15. The molecule has 0 fully saturated rings. The second-order valence-electron chi connectivity index (χ2n) is 3.50. The van der Waals surface area contributed by atoms with E-state index in [4.69, 9.17) is 23.2 Å². The Kier molecular flexibility index (Phi) is 6.54. The molecule has 18 heavy (non-hydrogen) atoms. The van der Waals surface area contributed by atoms with E-state index < -0.39 is 0 Å². The maximum atomic E-state index is 11.8. The Balaban J connectivity index is 2.57. The van der Waals surface area contributed by atoms with Gasteiger partial charge in [0.1, 0.15) is 0 Å². The van der Waals surface area contributed by atoms with Gasteiger partial charge in [0.15, 0.2) is 0 Å². The predicted molar refractivity (Wildman–Crippen MR) is 78.8 cm³/mol. The summed E-state index contributed by atoms with van der Waals surface area (Å²) in [6, 6.07) is 0. The van der Waals surface area contributed by atoms with Crippen molar-refractivity contribution in [3.05, 3.63) is 40.2 Å². The molecule has 0 aromatic carbocycles. The van der Waals surface area contributed by atoms with E-state index >= 15 is 0 Å². The van der Waals surface area contributed by atoms with Crippen molar-refractivity contribution in [1.29, 1.82) is 0 Å². The Morgan fingerprint density at radius 2 is 2.28 bits per heavy atom. The zero-order chi connectivity index (χ0) is 13.5. The van der Waals surface area contributed by atoms with E-state index in [-0.39, 0.29) is 10.9 Å². The van der Waals surface area contributed by atoms with Crippen molar-refractivity contribution in [2.75, 3.05) is 18.1 Å². The Hall–Kier alpha value is -0.710. The van der Waals surface area contributed by atoms with Gasteiger partial charge in [-0.15, -0.1) is 6.58 Å². The molecule has 0 radical (unpaired) electrons. The molecule has 0 saturated heterocycles. The van der Waals surface area contributed by atoms with Crippen LogP contribution in [0, 0.1) is 6.92 Å². The Morgan fingerprint density at radius 3 is 2.94 bits per heavy atom. The van der Waals surface area contributed by atoms with Crippen molar-refractivity contribution >= 4 is 40.9 Å². The molecular weight excluding hydrogens is 291 g/mol. The number of aryl methyl sites for hydroxylation is 1. The third kappa shape index (κ3) is 4.19. The first kappa shape index (κ1) is 15.3. The molecule has 0 bridgehead atoms. The van der Waals surface area contributed by atoms with Gasteiger partial charge < -0.3 is 5.32 Å². The number of hydrogen-bond donors (Lipinski definition) is 1. The average molecular weight is 305 g/mol. The molecule has 0 unspecified atom stereocenters. The molecule has 0 atom stereocenters. The summed E-state index contributed by atoms with van der Waals surface area (Å²) in [5.41, 5.74) is 0.917. The van der Waals surface area contributed by atoms with E-state index in [2.05, 4.69) is 16.9 Å². The number of amides is 1. The number of thioether (sulfide) groups is 1. The molecule has 1 N–H and O–H groups in total. The number of rotatable bonds is 6. The minimum Gasteiger partial charge on any atom is -0.351 e. The van der Waals surface area contributed by atoms with Gasteiger partial charge in [0.05, 0.1) is 21.3 Å². The summed E-state index contributed by atoms with van der Waals surface area (Å²) in [4.78, 5) is 15.9. The Labute approximate surface area is 121 Å². The minimum atomic E-state index is -0.256.